The first-order chi connectivity index (χ1) is 8.34. The highest BCUT2D eigenvalue weighted by atomic mass is 35.5. The summed E-state index contributed by atoms with van der Waals surface area (Å²) in [6.45, 7) is 1.20. The zero-order chi connectivity index (χ0) is 11.9. The molecule has 0 aliphatic rings. The van der Waals surface area contributed by atoms with E-state index in [9.17, 15) is 0 Å². The van der Waals surface area contributed by atoms with Crippen LogP contribution >= 0.6 is 11.6 Å². The van der Waals surface area contributed by atoms with E-state index in [2.05, 4.69) is 5.48 Å². The van der Waals surface area contributed by atoms with Gasteiger partial charge < -0.3 is 0 Å². The van der Waals surface area contributed by atoms with Gasteiger partial charge in [0.25, 0.3) is 0 Å². The van der Waals surface area contributed by atoms with Crippen molar-refractivity contribution < 1.29 is 4.84 Å². The Balaban J connectivity index is 1.73. The van der Waals surface area contributed by atoms with Crippen molar-refractivity contribution in [3.8, 4) is 0 Å². The second kappa shape index (κ2) is 6.40. The minimum atomic E-state index is 0.557. The van der Waals surface area contributed by atoms with E-state index < -0.39 is 0 Å². The molecule has 2 aromatic carbocycles. The first-order valence-electron chi connectivity index (χ1n) is 5.47. The third-order valence-corrected chi connectivity index (χ3v) is 2.58. The van der Waals surface area contributed by atoms with Gasteiger partial charge in [0.05, 0.1) is 6.61 Å². The van der Waals surface area contributed by atoms with Crippen molar-refractivity contribution in [2.24, 2.45) is 0 Å². The summed E-state index contributed by atoms with van der Waals surface area (Å²) in [4.78, 5) is 5.37. The fraction of sp³-hybridized carbons (Fsp3) is 0.143. The first kappa shape index (κ1) is 12.1. The summed E-state index contributed by atoms with van der Waals surface area (Å²) in [6.07, 6.45) is 0. The number of hydrogen-bond donors (Lipinski definition) is 1. The molecule has 0 atom stereocenters. The van der Waals surface area contributed by atoms with Crippen molar-refractivity contribution in [3.63, 3.8) is 0 Å². The van der Waals surface area contributed by atoms with E-state index in [1.165, 1.54) is 0 Å². The fourth-order valence-electron chi connectivity index (χ4n) is 1.49. The normalized spacial score (nSPS) is 10.4. The Kier molecular flexibility index (Phi) is 4.56. The predicted molar refractivity (Wildman–Crippen MR) is 69.5 cm³/mol. The maximum absolute atomic E-state index is 5.88. The fourth-order valence-corrected chi connectivity index (χ4v) is 1.70. The number of hydroxylamine groups is 1. The molecule has 0 saturated heterocycles. The molecule has 2 nitrogen and oxygen atoms in total. The van der Waals surface area contributed by atoms with Gasteiger partial charge in [0.1, 0.15) is 0 Å². The van der Waals surface area contributed by atoms with Gasteiger partial charge in [-0.3, -0.25) is 4.84 Å². The lowest BCUT2D eigenvalue weighted by molar-refractivity contribution is 0.0235. The SMILES string of the molecule is Clc1cccc(CNOCc2ccccc2)c1. The van der Waals surface area contributed by atoms with Gasteiger partial charge in [-0.1, -0.05) is 54.1 Å². The largest absolute Gasteiger partial charge is 0.297 e. The van der Waals surface area contributed by atoms with Crippen LogP contribution in [0.5, 0.6) is 0 Å². The van der Waals surface area contributed by atoms with E-state index in [4.69, 9.17) is 16.4 Å². The maximum Gasteiger partial charge on any atom is 0.0933 e. The van der Waals surface area contributed by atoms with E-state index in [1.807, 2.05) is 54.6 Å². The van der Waals surface area contributed by atoms with Gasteiger partial charge in [0, 0.05) is 11.6 Å². The minimum Gasteiger partial charge on any atom is -0.297 e. The monoisotopic (exact) mass is 247 g/mol. The standard InChI is InChI=1S/C14H14ClNO/c15-14-8-4-7-13(9-14)10-16-17-11-12-5-2-1-3-6-12/h1-9,16H,10-11H2. The van der Waals surface area contributed by atoms with Crippen LogP contribution in [0.25, 0.3) is 0 Å². The lowest BCUT2D eigenvalue weighted by atomic mass is 10.2. The molecule has 0 heterocycles. The average molecular weight is 248 g/mol. The van der Waals surface area contributed by atoms with Crippen LogP contribution in [0, 0.1) is 0 Å². The minimum absolute atomic E-state index is 0.557. The van der Waals surface area contributed by atoms with Crippen LogP contribution in [0.3, 0.4) is 0 Å². The predicted octanol–water partition coefficient (Wildman–Crippen LogP) is 3.56. The van der Waals surface area contributed by atoms with E-state index in [0.717, 1.165) is 16.1 Å². The highest BCUT2D eigenvalue weighted by Crippen LogP contribution is 2.10. The summed E-state index contributed by atoms with van der Waals surface area (Å²) in [5.41, 5.74) is 5.17. The molecule has 3 heteroatoms. The van der Waals surface area contributed by atoms with E-state index in [0.29, 0.717) is 13.2 Å². The van der Waals surface area contributed by atoms with Crippen molar-refractivity contribution in [1.29, 1.82) is 0 Å². The summed E-state index contributed by atoms with van der Waals surface area (Å²) in [6, 6.07) is 17.7. The molecule has 0 aliphatic carbocycles. The van der Waals surface area contributed by atoms with Gasteiger partial charge in [0.2, 0.25) is 0 Å². The van der Waals surface area contributed by atoms with Crippen LogP contribution in [0.15, 0.2) is 54.6 Å². The molecule has 2 rings (SSSR count). The summed E-state index contributed by atoms with van der Waals surface area (Å²) >= 11 is 5.88. The smallest absolute Gasteiger partial charge is 0.0933 e. The van der Waals surface area contributed by atoms with Crippen LogP contribution in [0.1, 0.15) is 11.1 Å². The lowest BCUT2D eigenvalue weighted by Crippen LogP contribution is -2.13. The summed E-state index contributed by atoms with van der Waals surface area (Å²) < 4.78 is 0. The summed E-state index contributed by atoms with van der Waals surface area (Å²) in [7, 11) is 0. The molecule has 0 bridgehead atoms. The molecule has 0 aromatic heterocycles. The van der Waals surface area contributed by atoms with Gasteiger partial charge >= 0.3 is 0 Å². The van der Waals surface area contributed by atoms with E-state index >= 15 is 0 Å². The van der Waals surface area contributed by atoms with Crippen LogP contribution in [-0.4, -0.2) is 0 Å². The lowest BCUT2D eigenvalue weighted by Gasteiger charge is -2.06. The highest BCUT2D eigenvalue weighted by Gasteiger charge is 1.95. The van der Waals surface area contributed by atoms with Crippen molar-refractivity contribution in [1.82, 2.24) is 5.48 Å². The van der Waals surface area contributed by atoms with E-state index in [1.54, 1.807) is 0 Å². The highest BCUT2D eigenvalue weighted by molar-refractivity contribution is 6.30. The number of nitrogens with one attached hydrogen (secondary N) is 1. The van der Waals surface area contributed by atoms with Crippen LogP contribution in [0.4, 0.5) is 0 Å². The molecule has 88 valence electrons. The average Bonchev–Trinajstić information content (AvgIpc) is 2.36. The number of rotatable bonds is 5. The van der Waals surface area contributed by atoms with Gasteiger partial charge in [-0.2, -0.15) is 5.48 Å². The van der Waals surface area contributed by atoms with Crippen LogP contribution in [0.2, 0.25) is 5.02 Å². The van der Waals surface area contributed by atoms with Crippen molar-refractivity contribution in [3.05, 3.63) is 70.7 Å². The number of hydrogen-bond acceptors (Lipinski definition) is 2. The maximum atomic E-state index is 5.88. The molecule has 0 radical (unpaired) electrons. The second-order valence-corrected chi connectivity index (χ2v) is 4.16. The van der Waals surface area contributed by atoms with Crippen molar-refractivity contribution in [2.75, 3.05) is 0 Å². The number of benzene rings is 2. The molecule has 2 aromatic rings. The molecule has 0 fully saturated rings. The molecule has 0 unspecified atom stereocenters. The van der Waals surface area contributed by atoms with Gasteiger partial charge in [-0.25, -0.2) is 0 Å². The molecule has 0 aliphatic heterocycles. The quantitative estimate of drug-likeness (QED) is 0.644. The third-order valence-electron chi connectivity index (χ3n) is 2.35. The Morgan fingerprint density at radius 1 is 0.941 bits per heavy atom. The van der Waals surface area contributed by atoms with Gasteiger partial charge in [-0.15, -0.1) is 0 Å². The van der Waals surface area contributed by atoms with Gasteiger partial charge in [-0.05, 0) is 23.3 Å². The molecular formula is C14H14ClNO. The third kappa shape index (κ3) is 4.19. The molecule has 17 heavy (non-hydrogen) atoms. The van der Waals surface area contributed by atoms with Crippen molar-refractivity contribution in [2.45, 2.75) is 13.2 Å². The molecule has 1 N–H and O–H groups in total. The van der Waals surface area contributed by atoms with Crippen LogP contribution < -0.4 is 5.48 Å². The van der Waals surface area contributed by atoms with Gasteiger partial charge in [0.15, 0.2) is 0 Å². The Bertz CT molecular complexity index is 459. The molecule has 0 saturated carbocycles. The Morgan fingerprint density at radius 3 is 2.47 bits per heavy atom. The summed E-state index contributed by atoms with van der Waals surface area (Å²) in [5.74, 6) is 0. The van der Waals surface area contributed by atoms with E-state index in [-0.39, 0.29) is 0 Å². The van der Waals surface area contributed by atoms with Crippen molar-refractivity contribution >= 4 is 11.6 Å². The Labute approximate surface area is 106 Å². The first-order valence-corrected chi connectivity index (χ1v) is 5.85. The van der Waals surface area contributed by atoms with Crippen LogP contribution in [-0.2, 0) is 18.0 Å². The Hall–Kier alpha value is -1.35. The molecule has 0 spiro atoms. The zero-order valence-corrected chi connectivity index (χ0v) is 10.2. The Morgan fingerprint density at radius 2 is 1.71 bits per heavy atom. The molecular weight excluding hydrogens is 234 g/mol. The zero-order valence-electron chi connectivity index (χ0n) is 9.40. The second-order valence-electron chi connectivity index (χ2n) is 3.73. The topological polar surface area (TPSA) is 21.3 Å². The number of halogens is 1. The summed E-state index contributed by atoms with van der Waals surface area (Å²) in [5, 5.41) is 0.743. The molecule has 0 amide bonds.